The van der Waals surface area contributed by atoms with Gasteiger partial charge in [0.05, 0.1) is 18.1 Å². The summed E-state index contributed by atoms with van der Waals surface area (Å²) < 4.78 is 6.79. The molecule has 4 amide bonds. The Kier molecular flexibility index (Phi) is 7.50. The van der Waals surface area contributed by atoms with Gasteiger partial charge < -0.3 is 30.2 Å². The Balaban J connectivity index is 1.70. The number of imidazole rings is 1. The van der Waals surface area contributed by atoms with E-state index in [1.807, 2.05) is 30.4 Å². The van der Waals surface area contributed by atoms with Gasteiger partial charge in [0.25, 0.3) is 0 Å². The molecule has 3 heterocycles. The summed E-state index contributed by atoms with van der Waals surface area (Å²) in [6.45, 7) is 5.63. The van der Waals surface area contributed by atoms with Crippen molar-refractivity contribution < 1.29 is 19.1 Å². The highest BCUT2D eigenvalue weighted by atomic mass is 16.5. The molecule has 11 nitrogen and oxygen atoms in total. The molecule has 0 aromatic carbocycles. The van der Waals surface area contributed by atoms with Gasteiger partial charge in [-0.1, -0.05) is 0 Å². The number of ether oxygens (including phenoxy) is 1. The highest BCUT2D eigenvalue weighted by Gasteiger charge is 2.45. The molecule has 31 heavy (non-hydrogen) atoms. The van der Waals surface area contributed by atoms with Gasteiger partial charge in [0, 0.05) is 58.6 Å². The van der Waals surface area contributed by atoms with E-state index in [0.717, 1.165) is 5.69 Å². The largest absolute Gasteiger partial charge is 0.375 e. The van der Waals surface area contributed by atoms with E-state index < -0.39 is 6.04 Å². The summed E-state index contributed by atoms with van der Waals surface area (Å²) in [7, 11) is 3.37. The number of hydrogen-bond donors (Lipinski definition) is 3. The standard InChI is InChI=1S/C20H33N7O4/c1-13(2)23-20(30)24-14-5-15-9-26(10-16-6-21-12-25(16)3)17(19(29)27(15)8-14)7-22-18(28)11-31-4/h6,12-15,17H,5,7-11H2,1-4H3,(H,22,28)(H2,23,24,30)/t14-,15-,17-/m0/s1. The van der Waals surface area contributed by atoms with Crippen LogP contribution in [0.5, 0.6) is 0 Å². The second-order valence-corrected chi connectivity index (χ2v) is 8.53. The summed E-state index contributed by atoms with van der Waals surface area (Å²) >= 11 is 0. The number of rotatable bonds is 8. The van der Waals surface area contributed by atoms with Crippen LogP contribution < -0.4 is 16.0 Å². The Morgan fingerprint density at radius 1 is 1.32 bits per heavy atom. The SMILES string of the molecule is COCC(=O)NC[C@H]1C(=O)N2C[C@@H](NC(=O)NC(C)C)C[C@H]2CN1Cc1cncn1C. The molecule has 2 saturated heterocycles. The van der Waals surface area contributed by atoms with E-state index >= 15 is 0 Å². The lowest BCUT2D eigenvalue weighted by molar-refractivity contribution is -0.144. The van der Waals surface area contributed by atoms with Gasteiger partial charge in [-0.05, 0) is 20.3 Å². The average Bonchev–Trinajstić information content (AvgIpc) is 3.27. The third-order valence-corrected chi connectivity index (χ3v) is 5.67. The van der Waals surface area contributed by atoms with Crippen LogP contribution in [0.3, 0.4) is 0 Å². The van der Waals surface area contributed by atoms with Crippen molar-refractivity contribution in [3.8, 4) is 0 Å². The topological polar surface area (TPSA) is 121 Å². The molecule has 172 valence electrons. The number of piperazine rings is 1. The van der Waals surface area contributed by atoms with Crippen LogP contribution in [0.4, 0.5) is 4.79 Å². The third kappa shape index (κ3) is 5.73. The van der Waals surface area contributed by atoms with E-state index in [-0.39, 0.29) is 49.1 Å². The average molecular weight is 436 g/mol. The Morgan fingerprint density at radius 2 is 2.10 bits per heavy atom. The fraction of sp³-hybridized carbons (Fsp3) is 0.700. The number of aromatic nitrogens is 2. The minimum absolute atomic E-state index is 0.0102. The first-order valence-corrected chi connectivity index (χ1v) is 10.6. The highest BCUT2D eigenvalue weighted by Crippen LogP contribution is 2.27. The number of nitrogens with zero attached hydrogens (tertiary/aromatic N) is 4. The zero-order chi connectivity index (χ0) is 22.5. The molecule has 0 bridgehead atoms. The Morgan fingerprint density at radius 3 is 2.74 bits per heavy atom. The number of urea groups is 1. The molecule has 2 fully saturated rings. The van der Waals surface area contributed by atoms with Gasteiger partial charge in [-0.25, -0.2) is 9.78 Å². The number of methoxy groups -OCH3 is 1. The second kappa shape index (κ2) is 10.1. The van der Waals surface area contributed by atoms with Crippen molar-refractivity contribution >= 4 is 17.8 Å². The minimum Gasteiger partial charge on any atom is -0.375 e. The van der Waals surface area contributed by atoms with Crippen molar-refractivity contribution in [1.82, 2.24) is 35.3 Å². The number of fused-ring (bicyclic) bond motifs is 1. The number of carbonyl (C=O) groups is 3. The first kappa shape index (κ1) is 23.0. The van der Waals surface area contributed by atoms with E-state index in [1.165, 1.54) is 7.11 Å². The summed E-state index contributed by atoms with van der Waals surface area (Å²) in [6.07, 6.45) is 4.21. The van der Waals surface area contributed by atoms with Crippen LogP contribution in [0, 0.1) is 0 Å². The minimum atomic E-state index is -0.491. The zero-order valence-electron chi connectivity index (χ0n) is 18.6. The van der Waals surface area contributed by atoms with Gasteiger partial charge in [0.15, 0.2) is 0 Å². The summed E-state index contributed by atoms with van der Waals surface area (Å²) in [5.74, 6) is -0.297. The van der Waals surface area contributed by atoms with Crippen LogP contribution in [0.25, 0.3) is 0 Å². The monoisotopic (exact) mass is 435 g/mol. The van der Waals surface area contributed by atoms with E-state index in [9.17, 15) is 14.4 Å². The van der Waals surface area contributed by atoms with Crippen LogP contribution in [-0.2, 0) is 27.9 Å². The highest BCUT2D eigenvalue weighted by molar-refractivity contribution is 5.85. The van der Waals surface area contributed by atoms with Gasteiger partial charge in [-0.3, -0.25) is 14.5 Å². The molecular formula is C20H33N7O4. The molecule has 2 aliphatic rings. The molecule has 11 heteroatoms. The summed E-state index contributed by atoms with van der Waals surface area (Å²) in [6, 6.07) is -0.762. The Labute approximate surface area is 182 Å². The van der Waals surface area contributed by atoms with Gasteiger partial charge >= 0.3 is 6.03 Å². The maximum atomic E-state index is 13.4. The molecule has 0 unspecified atom stereocenters. The molecule has 0 radical (unpaired) electrons. The van der Waals surface area contributed by atoms with E-state index in [0.29, 0.717) is 26.1 Å². The van der Waals surface area contributed by atoms with Gasteiger partial charge in [-0.15, -0.1) is 0 Å². The first-order valence-electron chi connectivity index (χ1n) is 10.6. The molecule has 0 aliphatic carbocycles. The fourth-order valence-corrected chi connectivity index (χ4v) is 4.23. The molecule has 0 saturated carbocycles. The third-order valence-electron chi connectivity index (χ3n) is 5.67. The number of hydrogen-bond acceptors (Lipinski definition) is 6. The van der Waals surface area contributed by atoms with Crippen molar-refractivity contribution in [1.29, 1.82) is 0 Å². The quantitative estimate of drug-likeness (QED) is 0.484. The number of aryl methyl sites for hydroxylation is 1. The number of nitrogens with one attached hydrogen (secondary N) is 3. The summed E-state index contributed by atoms with van der Waals surface area (Å²) in [5, 5.41) is 8.60. The normalized spacial score (nSPS) is 23.7. The fourth-order valence-electron chi connectivity index (χ4n) is 4.23. The maximum absolute atomic E-state index is 13.4. The zero-order valence-corrected chi connectivity index (χ0v) is 18.6. The lowest BCUT2D eigenvalue weighted by atomic mass is 10.0. The number of amides is 4. The molecule has 0 spiro atoms. The number of carbonyl (C=O) groups excluding carboxylic acids is 3. The molecule has 2 aliphatic heterocycles. The van der Waals surface area contributed by atoms with Crippen molar-refractivity contribution in [2.45, 2.75) is 51.0 Å². The predicted molar refractivity (Wildman–Crippen MR) is 113 cm³/mol. The smallest absolute Gasteiger partial charge is 0.315 e. The van der Waals surface area contributed by atoms with Crippen LogP contribution >= 0.6 is 0 Å². The maximum Gasteiger partial charge on any atom is 0.315 e. The van der Waals surface area contributed by atoms with Crippen molar-refractivity contribution in [2.24, 2.45) is 7.05 Å². The lowest BCUT2D eigenvalue weighted by Crippen LogP contribution is -2.62. The predicted octanol–water partition coefficient (Wildman–Crippen LogP) is -0.956. The van der Waals surface area contributed by atoms with Crippen LogP contribution in [0.2, 0.25) is 0 Å². The van der Waals surface area contributed by atoms with E-state index in [2.05, 4.69) is 25.8 Å². The molecule has 3 atom stereocenters. The second-order valence-electron chi connectivity index (χ2n) is 8.53. The van der Waals surface area contributed by atoms with E-state index in [4.69, 9.17) is 4.74 Å². The molecule has 3 N–H and O–H groups in total. The Hall–Kier alpha value is -2.66. The summed E-state index contributed by atoms with van der Waals surface area (Å²) in [4.78, 5) is 45.5. The molecule has 3 rings (SSSR count). The van der Waals surface area contributed by atoms with Gasteiger partial charge in [0.1, 0.15) is 12.6 Å². The first-order chi connectivity index (χ1) is 14.8. The van der Waals surface area contributed by atoms with Crippen molar-refractivity contribution in [2.75, 3.05) is 33.4 Å². The van der Waals surface area contributed by atoms with Gasteiger partial charge in [0.2, 0.25) is 11.8 Å². The molecular weight excluding hydrogens is 402 g/mol. The molecule has 1 aromatic rings. The lowest BCUT2D eigenvalue weighted by Gasteiger charge is -2.42. The van der Waals surface area contributed by atoms with Gasteiger partial charge in [-0.2, -0.15) is 0 Å². The van der Waals surface area contributed by atoms with Crippen LogP contribution in [-0.4, -0.2) is 94.7 Å². The van der Waals surface area contributed by atoms with Crippen LogP contribution in [0.1, 0.15) is 26.0 Å². The van der Waals surface area contributed by atoms with Crippen molar-refractivity contribution in [3.05, 3.63) is 18.2 Å². The van der Waals surface area contributed by atoms with Crippen LogP contribution in [0.15, 0.2) is 12.5 Å². The Bertz CT molecular complexity index is 796. The van der Waals surface area contributed by atoms with E-state index in [1.54, 1.807) is 12.5 Å². The summed E-state index contributed by atoms with van der Waals surface area (Å²) in [5.41, 5.74) is 0.985. The van der Waals surface area contributed by atoms with Crippen molar-refractivity contribution in [3.63, 3.8) is 0 Å². The molecule has 1 aromatic heterocycles.